The Morgan fingerprint density at radius 3 is 2.29 bits per heavy atom. The van der Waals surface area contributed by atoms with Crippen LogP contribution in [-0.4, -0.2) is 61.6 Å². The van der Waals surface area contributed by atoms with Gasteiger partial charge in [0.15, 0.2) is 0 Å². The average Bonchev–Trinajstić information content (AvgIpc) is 3.17. The van der Waals surface area contributed by atoms with Crippen molar-refractivity contribution in [2.75, 3.05) is 39.9 Å². The third kappa shape index (κ3) is 4.41. The molecule has 1 aromatic carbocycles. The highest BCUT2D eigenvalue weighted by atomic mass is 16.5. The normalized spacial score (nSPS) is 19.5. The summed E-state index contributed by atoms with van der Waals surface area (Å²) in [4.78, 5) is 16.9. The van der Waals surface area contributed by atoms with Gasteiger partial charge in [-0.25, -0.2) is 0 Å². The second-order valence-electron chi connectivity index (χ2n) is 6.63. The highest BCUT2D eigenvalue weighted by Gasteiger charge is 2.27. The minimum atomic E-state index is 0.203. The molecule has 132 valence electrons. The fourth-order valence-corrected chi connectivity index (χ4v) is 3.69. The first-order chi connectivity index (χ1) is 11.8. The summed E-state index contributed by atoms with van der Waals surface area (Å²) in [7, 11) is 1.64. The molecule has 0 N–H and O–H groups in total. The van der Waals surface area contributed by atoms with E-state index < -0.39 is 0 Å². The lowest BCUT2D eigenvalue weighted by atomic mass is 10.2. The molecule has 5 heteroatoms. The first-order valence-electron chi connectivity index (χ1n) is 9.05. The van der Waals surface area contributed by atoms with Crippen LogP contribution in [0.2, 0.25) is 0 Å². The maximum Gasteiger partial charge on any atom is 0.226 e. The lowest BCUT2D eigenvalue weighted by molar-refractivity contribution is -0.133. The molecule has 0 aromatic heterocycles. The number of carbonyl (C=O) groups excluding carboxylic acids is 1. The van der Waals surface area contributed by atoms with E-state index in [0.29, 0.717) is 13.0 Å². The number of ether oxygens (including phenoxy) is 2. The molecule has 0 radical (unpaired) electrons. The molecule has 1 saturated carbocycles. The second kappa shape index (κ2) is 8.38. The fraction of sp³-hybridized carbons (Fsp3) is 0.632. The molecule has 1 saturated heterocycles. The van der Waals surface area contributed by atoms with E-state index in [2.05, 4.69) is 4.90 Å². The number of carbonyl (C=O) groups is 1. The molecule has 1 amide bonds. The van der Waals surface area contributed by atoms with Gasteiger partial charge >= 0.3 is 0 Å². The van der Waals surface area contributed by atoms with Gasteiger partial charge in [-0.05, 0) is 37.1 Å². The van der Waals surface area contributed by atoms with E-state index in [9.17, 15) is 4.79 Å². The smallest absolute Gasteiger partial charge is 0.226 e. The molecule has 1 aliphatic heterocycles. The first-order valence-corrected chi connectivity index (χ1v) is 9.05. The van der Waals surface area contributed by atoms with Crippen LogP contribution < -0.4 is 9.47 Å². The number of amides is 1. The zero-order valence-electron chi connectivity index (χ0n) is 14.6. The molecule has 0 unspecified atom stereocenters. The number of piperazine rings is 1. The molecule has 5 nitrogen and oxygen atoms in total. The van der Waals surface area contributed by atoms with Crippen molar-refractivity contribution in [3.8, 4) is 11.5 Å². The van der Waals surface area contributed by atoms with Crippen LogP contribution in [0.1, 0.15) is 32.1 Å². The summed E-state index contributed by atoms with van der Waals surface area (Å²) in [6.07, 6.45) is 5.85. The number of hydrogen-bond donors (Lipinski definition) is 0. The average molecular weight is 332 g/mol. The van der Waals surface area contributed by atoms with E-state index in [1.165, 1.54) is 25.7 Å². The lowest BCUT2D eigenvalue weighted by Crippen LogP contribution is -2.51. The van der Waals surface area contributed by atoms with Gasteiger partial charge in [0.1, 0.15) is 11.5 Å². The van der Waals surface area contributed by atoms with Crippen molar-refractivity contribution >= 4 is 5.91 Å². The van der Waals surface area contributed by atoms with Gasteiger partial charge in [-0.15, -0.1) is 0 Å². The Morgan fingerprint density at radius 1 is 1.04 bits per heavy atom. The third-order valence-corrected chi connectivity index (χ3v) is 5.15. The Kier molecular flexibility index (Phi) is 5.96. The summed E-state index contributed by atoms with van der Waals surface area (Å²) < 4.78 is 10.8. The largest absolute Gasteiger partial charge is 0.497 e. The van der Waals surface area contributed by atoms with Crippen LogP contribution in [0.3, 0.4) is 0 Å². The van der Waals surface area contributed by atoms with Crippen molar-refractivity contribution in [1.82, 2.24) is 9.80 Å². The quantitative estimate of drug-likeness (QED) is 0.803. The molecule has 2 aliphatic rings. The van der Waals surface area contributed by atoms with Gasteiger partial charge in [0.2, 0.25) is 5.91 Å². The van der Waals surface area contributed by atoms with E-state index in [4.69, 9.17) is 9.47 Å². The summed E-state index contributed by atoms with van der Waals surface area (Å²) in [5, 5.41) is 0. The monoisotopic (exact) mass is 332 g/mol. The Balaban J connectivity index is 1.36. The van der Waals surface area contributed by atoms with Gasteiger partial charge in [-0.1, -0.05) is 12.8 Å². The number of benzene rings is 1. The Bertz CT molecular complexity index is 518. The molecule has 0 spiro atoms. The van der Waals surface area contributed by atoms with Crippen LogP contribution in [0.25, 0.3) is 0 Å². The van der Waals surface area contributed by atoms with Gasteiger partial charge < -0.3 is 14.4 Å². The summed E-state index contributed by atoms with van der Waals surface area (Å²) in [6.45, 7) is 4.19. The SMILES string of the molecule is COc1ccc(OCCC(=O)N2CCN(C3CCCC3)CC2)cc1. The van der Waals surface area contributed by atoms with Crippen molar-refractivity contribution in [3.63, 3.8) is 0 Å². The van der Waals surface area contributed by atoms with E-state index in [1.54, 1.807) is 7.11 Å². The van der Waals surface area contributed by atoms with Crippen molar-refractivity contribution < 1.29 is 14.3 Å². The van der Waals surface area contributed by atoms with Crippen LogP contribution in [0.15, 0.2) is 24.3 Å². The first kappa shape index (κ1) is 17.1. The molecule has 1 aliphatic carbocycles. The number of methoxy groups -OCH3 is 1. The molecule has 24 heavy (non-hydrogen) atoms. The van der Waals surface area contributed by atoms with E-state index in [-0.39, 0.29) is 5.91 Å². The Labute approximate surface area is 144 Å². The summed E-state index contributed by atoms with van der Waals surface area (Å²) in [6, 6.07) is 8.22. The predicted molar refractivity (Wildman–Crippen MR) is 93.5 cm³/mol. The summed E-state index contributed by atoms with van der Waals surface area (Å²) >= 11 is 0. The van der Waals surface area contributed by atoms with E-state index in [0.717, 1.165) is 43.7 Å². The van der Waals surface area contributed by atoms with Crippen LogP contribution >= 0.6 is 0 Å². The molecular weight excluding hydrogens is 304 g/mol. The molecule has 0 bridgehead atoms. The number of rotatable bonds is 6. The molecular formula is C19H28N2O3. The van der Waals surface area contributed by atoms with Crippen LogP contribution in [0, 0.1) is 0 Å². The molecule has 2 fully saturated rings. The van der Waals surface area contributed by atoms with Gasteiger partial charge in [0.05, 0.1) is 20.1 Å². The highest BCUT2D eigenvalue weighted by Crippen LogP contribution is 2.24. The van der Waals surface area contributed by atoms with Crippen molar-refractivity contribution in [1.29, 1.82) is 0 Å². The number of nitrogens with zero attached hydrogens (tertiary/aromatic N) is 2. The zero-order valence-corrected chi connectivity index (χ0v) is 14.6. The van der Waals surface area contributed by atoms with Crippen LogP contribution in [0.5, 0.6) is 11.5 Å². The highest BCUT2D eigenvalue weighted by molar-refractivity contribution is 5.76. The van der Waals surface area contributed by atoms with Crippen LogP contribution in [-0.2, 0) is 4.79 Å². The van der Waals surface area contributed by atoms with Gasteiger partial charge in [0, 0.05) is 32.2 Å². The molecule has 0 atom stereocenters. The van der Waals surface area contributed by atoms with Gasteiger partial charge in [-0.2, -0.15) is 0 Å². The van der Waals surface area contributed by atoms with Crippen molar-refractivity contribution in [2.24, 2.45) is 0 Å². The standard InChI is InChI=1S/C19H28N2O3/c1-23-17-6-8-18(9-7-17)24-15-10-19(22)21-13-11-20(12-14-21)16-4-2-3-5-16/h6-9,16H,2-5,10-15H2,1H3. The van der Waals surface area contributed by atoms with E-state index in [1.807, 2.05) is 29.2 Å². The lowest BCUT2D eigenvalue weighted by Gasteiger charge is -2.38. The minimum Gasteiger partial charge on any atom is -0.497 e. The summed E-state index contributed by atoms with van der Waals surface area (Å²) in [5.74, 6) is 1.78. The van der Waals surface area contributed by atoms with Crippen molar-refractivity contribution in [3.05, 3.63) is 24.3 Å². The van der Waals surface area contributed by atoms with Crippen LogP contribution in [0.4, 0.5) is 0 Å². The van der Waals surface area contributed by atoms with E-state index >= 15 is 0 Å². The van der Waals surface area contributed by atoms with Crippen molar-refractivity contribution in [2.45, 2.75) is 38.1 Å². The maximum atomic E-state index is 12.3. The molecule has 1 aromatic rings. The molecule has 1 heterocycles. The second-order valence-corrected chi connectivity index (χ2v) is 6.63. The topological polar surface area (TPSA) is 42.0 Å². The third-order valence-electron chi connectivity index (χ3n) is 5.15. The zero-order chi connectivity index (χ0) is 16.8. The Morgan fingerprint density at radius 2 is 1.67 bits per heavy atom. The molecule has 3 rings (SSSR count). The summed E-state index contributed by atoms with van der Waals surface area (Å²) in [5.41, 5.74) is 0. The predicted octanol–water partition coefficient (Wildman–Crippen LogP) is 2.55. The van der Waals surface area contributed by atoms with Gasteiger partial charge in [0.25, 0.3) is 0 Å². The Hall–Kier alpha value is -1.75. The number of hydrogen-bond acceptors (Lipinski definition) is 4. The van der Waals surface area contributed by atoms with Gasteiger partial charge in [-0.3, -0.25) is 9.69 Å². The fourth-order valence-electron chi connectivity index (χ4n) is 3.69. The minimum absolute atomic E-state index is 0.203. The maximum absolute atomic E-state index is 12.3.